The molecule has 1 aromatic rings. The molecule has 0 radical (unpaired) electrons. The van der Waals surface area contributed by atoms with Crippen LogP contribution in [0.15, 0.2) is 30.4 Å². The minimum absolute atomic E-state index is 0.00318. The highest BCUT2D eigenvalue weighted by molar-refractivity contribution is 6.01. The van der Waals surface area contributed by atoms with Gasteiger partial charge < -0.3 is 34.1 Å². The molecule has 0 aliphatic carbocycles. The fourth-order valence-electron chi connectivity index (χ4n) is 3.89. The van der Waals surface area contributed by atoms with E-state index in [0.29, 0.717) is 35.5 Å². The van der Waals surface area contributed by atoms with E-state index in [2.05, 4.69) is 5.32 Å². The van der Waals surface area contributed by atoms with Crippen LogP contribution < -0.4 is 14.8 Å². The summed E-state index contributed by atoms with van der Waals surface area (Å²) in [5.41, 5.74) is 1.04. The number of nitrogens with one attached hydrogen (secondary N) is 1. The van der Waals surface area contributed by atoms with Crippen LogP contribution in [0.5, 0.6) is 11.5 Å². The first-order valence-electron chi connectivity index (χ1n) is 10.8. The van der Waals surface area contributed by atoms with Crippen molar-refractivity contribution in [3.05, 3.63) is 41.5 Å². The van der Waals surface area contributed by atoms with E-state index in [9.17, 15) is 9.90 Å². The van der Waals surface area contributed by atoms with Crippen molar-refractivity contribution in [2.45, 2.75) is 63.8 Å². The number of rotatable bonds is 4. The molecule has 8 nitrogen and oxygen atoms in total. The summed E-state index contributed by atoms with van der Waals surface area (Å²) in [4.78, 5) is 13.2. The maximum atomic E-state index is 13.2. The normalized spacial score (nSPS) is 29.8. The fourth-order valence-corrected chi connectivity index (χ4v) is 3.89. The Morgan fingerprint density at radius 3 is 2.69 bits per heavy atom. The Hall–Kier alpha value is -2.39. The van der Waals surface area contributed by atoms with Crippen molar-refractivity contribution < 1.29 is 33.6 Å². The largest absolute Gasteiger partial charge is 0.497 e. The van der Waals surface area contributed by atoms with Gasteiger partial charge in [0.25, 0.3) is 5.91 Å². The number of carbonyl (C=O) groups excluding carboxylic acids is 1. The Balaban J connectivity index is 2.02. The molecule has 0 spiro atoms. The predicted molar refractivity (Wildman–Crippen MR) is 120 cm³/mol. The van der Waals surface area contributed by atoms with E-state index in [4.69, 9.17) is 23.7 Å². The second kappa shape index (κ2) is 10.5. The topological polar surface area (TPSA) is 95.5 Å². The fraction of sp³-hybridized carbons (Fsp3) is 0.542. The lowest BCUT2D eigenvalue weighted by atomic mass is 10.00. The summed E-state index contributed by atoms with van der Waals surface area (Å²) in [5, 5.41) is 13.7. The summed E-state index contributed by atoms with van der Waals surface area (Å²) in [5.74, 6) is -0.136. The average molecular weight is 448 g/mol. The molecular weight excluding hydrogens is 414 g/mol. The number of methoxy groups -OCH3 is 2. The van der Waals surface area contributed by atoms with Crippen LogP contribution in [0, 0.1) is 0 Å². The molecule has 2 heterocycles. The number of fused-ring (bicyclic) bond motifs is 2. The molecule has 0 bridgehead atoms. The second-order valence-corrected chi connectivity index (χ2v) is 8.45. The Morgan fingerprint density at radius 2 is 1.97 bits per heavy atom. The molecule has 4 atom stereocenters. The van der Waals surface area contributed by atoms with Crippen molar-refractivity contribution in [1.82, 2.24) is 5.32 Å². The zero-order valence-corrected chi connectivity index (χ0v) is 19.3. The molecule has 3 rings (SSSR count). The van der Waals surface area contributed by atoms with Gasteiger partial charge in [0.15, 0.2) is 12.6 Å². The van der Waals surface area contributed by atoms with Crippen molar-refractivity contribution in [2.75, 3.05) is 21.0 Å². The monoisotopic (exact) mass is 447 g/mol. The lowest BCUT2D eigenvalue weighted by Gasteiger charge is -2.21. The average Bonchev–Trinajstić information content (AvgIpc) is 3.05. The van der Waals surface area contributed by atoms with Gasteiger partial charge in [-0.2, -0.15) is 0 Å². The van der Waals surface area contributed by atoms with E-state index in [1.807, 2.05) is 39.0 Å². The summed E-state index contributed by atoms with van der Waals surface area (Å²) >= 11 is 0. The van der Waals surface area contributed by atoms with E-state index in [0.717, 1.165) is 0 Å². The van der Waals surface area contributed by atoms with Gasteiger partial charge in [-0.15, -0.1) is 0 Å². The summed E-state index contributed by atoms with van der Waals surface area (Å²) in [6.45, 7) is 5.56. The van der Waals surface area contributed by atoms with Crippen LogP contribution in [0.1, 0.15) is 49.5 Å². The van der Waals surface area contributed by atoms with Crippen LogP contribution in [0.3, 0.4) is 0 Å². The number of benzene rings is 1. The van der Waals surface area contributed by atoms with E-state index in [1.54, 1.807) is 25.3 Å². The van der Waals surface area contributed by atoms with Crippen molar-refractivity contribution in [1.29, 1.82) is 0 Å². The summed E-state index contributed by atoms with van der Waals surface area (Å²) in [7, 11) is 3.07. The molecular formula is C24H33NO7. The molecule has 0 saturated carbocycles. The predicted octanol–water partition coefficient (Wildman–Crippen LogP) is 3.04. The van der Waals surface area contributed by atoms with Crippen LogP contribution >= 0.6 is 0 Å². The number of carbonyl (C=O) groups is 1. The second-order valence-electron chi connectivity index (χ2n) is 8.45. The molecule has 2 aliphatic heterocycles. The van der Waals surface area contributed by atoms with Crippen LogP contribution in [0.25, 0.3) is 6.08 Å². The number of hydrogen-bond donors (Lipinski definition) is 2. The lowest BCUT2D eigenvalue weighted by Crippen LogP contribution is -2.35. The number of ether oxygens (including phenoxy) is 5. The first-order chi connectivity index (χ1) is 15.2. The van der Waals surface area contributed by atoms with Crippen LogP contribution in [0.4, 0.5) is 0 Å². The third kappa shape index (κ3) is 5.89. The molecule has 2 N–H and O–H groups in total. The first kappa shape index (κ1) is 24.3. The van der Waals surface area contributed by atoms with Crippen molar-refractivity contribution >= 4 is 12.0 Å². The maximum absolute atomic E-state index is 13.2. The Labute approximate surface area is 189 Å². The minimum atomic E-state index is -0.817. The molecule has 2 aliphatic rings. The van der Waals surface area contributed by atoms with Crippen molar-refractivity contribution in [3.8, 4) is 11.5 Å². The quantitative estimate of drug-likeness (QED) is 0.541. The first-order valence-corrected chi connectivity index (χ1v) is 10.8. The molecule has 3 unspecified atom stereocenters. The highest BCUT2D eigenvalue weighted by atomic mass is 16.8. The Bertz CT molecular complexity index is 864. The number of aliphatic hydroxyl groups is 1. The van der Waals surface area contributed by atoms with Crippen LogP contribution in [0.2, 0.25) is 0 Å². The van der Waals surface area contributed by atoms with Gasteiger partial charge in [0.2, 0.25) is 0 Å². The molecule has 32 heavy (non-hydrogen) atoms. The lowest BCUT2D eigenvalue weighted by molar-refractivity contribution is -0.152. The molecule has 1 aromatic carbocycles. The van der Waals surface area contributed by atoms with Gasteiger partial charge in [-0.3, -0.25) is 4.79 Å². The highest BCUT2D eigenvalue weighted by Crippen LogP contribution is 2.34. The van der Waals surface area contributed by atoms with Gasteiger partial charge in [0.1, 0.15) is 23.7 Å². The van der Waals surface area contributed by atoms with E-state index >= 15 is 0 Å². The number of hydrogen-bond acceptors (Lipinski definition) is 7. The van der Waals surface area contributed by atoms with Gasteiger partial charge in [-0.05, 0) is 45.2 Å². The summed E-state index contributed by atoms with van der Waals surface area (Å²) < 4.78 is 28.1. The Morgan fingerprint density at radius 1 is 1.19 bits per heavy atom. The third-order valence-electron chi connectivity index (χ3n) is 5.33. The zero-order valence-electron chi connectivity index (χ0n) is 19.3. The SMILES string of the molecule is COCOc1cc(OC)cc2c1C(=O)NC(C)C/C=C\C(O)C1OC(C)(C)O[C@H]1C/C=C/2. The van der Waals surface area contributed by atoms with E-state index < -0.39 is 18.0 Å². The number of amides is 1. The van der Waals surface area contributed by atoms with Gasteiger partial charge in [0.05, 0.1) is 18.8 Å². The third-order valence-corrected chi connectivity index (χ3v) is 5.33. The molecule has 1 saturated heterocycles. The molecule has 8 heteroatoms. The highest BCUT2D eigenvalue weighted by Gasteiger charge is 2.43. The van der Waals surface area contributed by atoms with Crippen LogP contribution in [-0.2, 0) is 14.2 Å². The number of aliphatic hydroxyl groups excluding tert-OH is 1. The smallest absolute Gasteiger partial charge is 0.255 e. The molecule has 0 aromatic heterocycles. The van der Waals surface area contributed by atoms with Gasteiger partial charge >= 0.3 is 0 Å². The van der Waals surface area contributed by atoms with Crippen molar-refractivity contribution in [2.24, 2.45) is 0 Å². The standard InChI is InChI=1S/C24H33NO7/c1-15-8-6-10-18(26)22-19(31-24(2,3)32-22)11-7-9-16-12-17(29-5)13-20(30-14-28-4)21(16)23(27)25-15/h6-7,9-10,12-13,15,18-19,22,26H,8,11,14H2,1-5H3,(H,25,27)/b9-7+,10-6-/t15?,18?,19-,22?/m0/s1. The Kier molecular flexibility index (Phi) is 7.95. The summed E-state index contributed by atoms with van der Waals surface area (Å²) in [6, 6.07) is 3.28. The molecule has 176 valence electrons. The van der Waals surface area contributed by atoms with Crippen LogP contribution in [-0.4, -0.2) is 62.2 Å². The molecule has 1 amide bonds. The minimum Gasteiger partial charge on any atom is -0.497 e. The molecule has 1 fully saturated rings. The summed E-state index contributed by atoms with van der Waals surface area (Å²) in [6.07, 6.45) is 6.66. The van der Waals surface area contributed by atoms with Crippen molar-refractivity contribution in [3.63, 3.8) is 0 Å². The van der Waals surface area contributed by atoms with Gasteiger partial charge in [-0.25, -0.2) is 0 Å². The van der Waals surface area contributed by atoms with Gasteiger partial charge in [-0.1, -0.05) is 24.3 Å². The van der Waals surface area contributed by atoms with E-state index in [1.165, 1.54) is 7.11 Å². The van der Waals surface area contributed by atoms with Gasteiger partial charge in [0, 0.05) is 19.2 Å². The zero-order chi connectivity index (χ0) is 23.3. The maximum Gasteiger partial charge on any atom is 0.255 e. The van der Waals surface area contributed by atoms with E-state index in [-0.39, 0.29) is 24.8 Å².